The van der Waals surface area contributed by atoms with E-state index in [1.54, 1.807) is 0 Å². The fraction of sp³-hybridized carbons (Fsp3) is 1.00. The molecule has 0 heterocycles. The lowest BCUT2D eigenvalue weighted by molar-refractivity contribution is 0.306. The highest BCUT2D eigenvalue weighted by molar-refractivity contribution is 4.79. The molecule has 3 nitrogen and oxygen atoms in total. The Morgan fingerprint density at radius 1 is 0.889 bits per heavy atom. The molecule has 0 unspecified atom stereocenters. The molecule has 0 aromatic rings. The van der Waals surface area contributed by atoms with Gasteiger partial charge in [0.15, 0.2) is 0 Å². The van der Waals surface area contributed by atoms with Crippen molar-refractivity contribution in [2.75, 3.05) is 0 Å². The van der Waals surface area contributed by atoms with Crippen molar-refractivity contribution in [1.82, 2.24) is 6.15 Å². The zero-order valence-corrected chi connectivity index (χ0v) is 5.90. The van der Waals surface area contributed by atoms with Crippen LogP contribution in [0.15, 0.2) is 0 Å². The van der Waals surface area contributed by atoms with Gasteiger partial charge >= 0.3 is 0 Å². The van der Waals surface area contributed by atoms with Crippen molar-refractivity contribution in [1.29, 1.82) is 0 Å². The number of nitrogens with two attached hydrogens (primary N) is 2. The molecule has 1 saturated carbocycles. The summed E-state index contributed by atoms with van der Waals surface area (Å²) in [6.45, 7) is 0. The summed E-state index contributed by atoms with van der Waals surface area (Å²) in [5, 5.41) is 0. The normalized spacial score (nSPS) is 24.7. The van der Waals surface area contributed by atoms with Crippen LogP contribution in [0.1, 0.15) is 32.1 Å². The Morgan fingerprint density at radius 3 is 1.56 bits per heavy atom. The molecule has 3 heteroatoms. The first-order valence-electron chi connectivity index (χ1n) is 3.28. The lowest BCUT2D eigenvalue weighted by Crippen LogP contribution is -2.50. The highest BCUT2D eigenvalue weighted by Gasteiger charge is 2.21. The molecule has 0 aromatic heterocycles. The fourth-order valence-electron chi connectivity index (χ4n) is 1.21. The fourth-order valence-corrected chi connectivity index (χ4v) is 1.21. The predicted octanol–water partition coefficient (Wildman–Crippen LogP) is 0.726. The minimum Gasteiger partial charge on any atom is -0.344 e. The van der Waals surface area contributed by atoms with Crippen molar-refractivity contribution in [3.05, 3.63) is 0 Å². The molecule has 1 aliphatic carbocycles. The summed E-state index contributed by atoms with van der Waals surface area (Å²) in [6, 6.07) is 0. The van der Waals surface area contributed by atoms with Gasteiger partial charge in [-0.05, 0) is 12.8 Å². The van der Waals surface area contributed by atoms with E-state index in [0.717, 1.165) is 12.8 Å². The molecule has 9 heavy (non-hydrogen) atoms. The molecule has 0 radical (unpaired) electrons. The van der Waals surface area contributed by atoms with Gasteiger partial charge in [0.25, 0.3) is 0 Å². The van der Waals surface area contributed by atoms with E-state index < -0.39 is 0 Å². The standard InChI is InChI=1S/C6H14N2.H3N/c7-6(8)4-2-1-3-5-6;/h1-5,7-8H2;1H3. The molecule has 1 fully saturated rings. The highest BCUT2D eigenvalue weighted by atomic mass is 14.9. The molecule has 0 aromatic carbocycles. The van der Waals surface area contributed by atoms with Gasteiger partial charge in [-0.25, -0.2) is 0 Å². The molecule has 0 aliphatic heterocycles. The minimum absolute atomic E-state index is 0. The van der Waals surface area contributed by atoms with Crippen LogP contribution in [0.5, 0.6) is 0 Å². The Kier molecular flexibility index (Phi) is 3.11. The third-order valence-electron chi connectivity index (χ3n) is 1.78. The summed E-state index contributed by atoms with van der Waals surface area (Å²) in [7, 11) is 0. The Bertz CT molecular complexity index is 72.4. The first kappa shape index (κ1) is 8.88. The quantitative estimate of drug-likeness (QED) is 0.423. The van der Waals surface area contributed by atoms with Gasteiger partial charge in [0.1, 0.15) is 0 Å². The maximum Gasteiger partial charge on any atom is 0.0636 e. The third kappa shape index (κ3) is 2.79. The Labute approximate surface area is 56.4 Å². The summed E-state index contributed by atoms with van der Waals surface area (Å²) >= 11 is 0. The van der Waals surface area contributed by atoms with Crippen LogP contribution in [0, 0.1) is 0 Å². The van der Waals surface area contributed by atoms with E-state index in [9.17, 15) is 0 Å². The predicted molar refractivity (Wildman–Crippen MR) is 39.2 cm³/mol. The van der Waals surface area contributed by atoms with Gasteiger partial charge in [0.05, 0.1) is 5.66 Å². The van der Waals surface area contributed by atoms with Crippen molar-refractivity contribution < 1.29 is 0 Å². The van der Waals surface area contributed by atoms with Crippen LogP contribution >= 0.6 is 0 Å². The molecule has 0 bridgehead atoms. The summed E-state index contributed by atoms with van der Waals surface area (Å²) in [4.78, 5) is 0. The first-order valence-corrected chi connectivity index (χ1v) is 3.28. The van der Waals surface area contributed by atoms with E-state index in [1.807, 2.05) is 0 Å². The second kappa shape index (κ2) is 3.15. The summed E-state index contributed by atoms with van der Waals surface area (Å²) in [6.07, 6.45) is 5.76. The summed E-state index contributed by atoms with van der Waals surface area (Å²) in [5.41, 5.74) is 11.0. The van der Waals surface area contributed by atoms with Crippen LogP contribution in [-0.2, 0) is 0 Å². The van der Waals surface area contributed by atoms with Gasteiger partial charge in [-0.2, -0.15) is 0 Å². The molecule has 0 saturated heterocycles. The van der Waals surface area contributed by atoms with Crippen LogP contribution < -0.4 is 17.6 Å². The molecule has 7 N–H and O–H groups in total. The summed E-state index contributed by atoms with van der Waals surface area (Å²) < 4.78 is 0. The van der Waals surface area contributed by atoms with Crippen LogP contribution in [-0.4, -0.2) is 5.66 Å². The van der Waals surface area contributed by atoms with Gasteiger partial charge in [0, 0.05) is 0 Å². The average Bonchev–Trinajstić information content (AvgIpc) is 1.65. The molecule has 0 amide bonds. The van der Waals surface area contributed by atoms with Gasteiger partial charge < -0.3 is 17.6 Å². The van der Waals surface area contributed by atoms with E-state index in [4.69, 9.17) is 11.5 Å². The maximum atomic E-state index is 5.66. The highest BCUT2D eigenvalue weighted by Crippen LogP contribution is 2.20. The average molecular weight is 131 g/mol. The SMILES string of the molecule is N.NC1(N)CCCCC1. The zero-order valence-electron chi connectivity index (χ0n) is 5.90. The van der Waals surface area contributed by atoms with Crippen LogP contribution in [0.25, 0.3) is 0 Å². The van der Waals surface area contributed by atoms with Crippen LogP contribution in [0.3, 0.4) is 0 Å². The van der Waals surface area contributed by atoms with E-state index in [2.05, 4.69) is 0 Å². The van der Waals surface area contributed by atoms with Crippen molar-refractivity contribution in [3.8, 4) is 0 Å². The number of hydrogen-bond donors (Lipinski definition) is 3. The first-order chi connectivity index (χ1) is 3.71. The number of rotatable bonds is 0. The molecule has 56 valence electrons. The molecular weight excluding hydrogens is 114 g/mol. The van der Waals surface area contributed by atoms with Gasteiger partial charge in [0.2, 0.25) is 0 Å². The van der Waals surface area contributed by atoms with Gasteiger partial charge in [-0.15, -0.1) is 0 Å². The van der Waals surface area contributed by atoms with E-state index in [0.29, 0.717) is 0 Å². The third-order valence-corrected chi connectivity index (χ3v) is 1.78. The maximum absolute atomic E-state index is 5.66. The van der Waals surface area contributed by atoms with Crippen molar-refractivity contribution in [2.45, 2.75) is 37.8 Å². The van der Waals surface area contributed by atoms with Gasteiger partial charge in [-0.1, -0.05) is 19.3 Å². The van der Waals surface area contributed by atoms with Crippen molar-refractivity contribution >= 4 is 0 Å². The van der Waals surface area contributed by atoms with Crippen molar-refractivity contribution in [2.24, 2.45) is 11.5 Å². The molecule has 0 spiro atoms. The minimum atomic E-state index is -0.321. The lowest BCUT2D eigenvalue weighted by Gasteiger charge is -2.28. The van der Waals surface area contributed by atoms with E-state index in [1.165, 1.54) is 19.3 Å². The smallest absolute Gasteiger partial charge is 0.0636 e. The Hall–Kier alpha value is -0.120. The number of hydrogen-bond acceptors (Lipinski definition) is 3. The molecular formula is C6H17N3. The molecule has 1 rings (SSSR count). The van der Waals surface area contributed by atoms with Crippen LogP contribution in [0.2, 0.25) is 0 Å². The zero-order chi connectivity index (χ0) is 6.04. The summed E-state index contributed by atoms with van der Waals surface area (Å²) in [5.74, 6) is 0. The Balaban J connectivity index is 0.000000640. The van der Waals surface area contributed by atoms with E-state index in [-0.39, 0.29) is 11.8 Å². The second-order valence-electron chi connectivity index (χ2n) is 2.79. The monoisotopic (exact) mass is 131 g/mol. The van der Waals surface area contributed by atoms with E-state index >= 15 is 0 Å². The van der Waals surface area contributed by atoms with Crippen molar-refractivity contribution in [3.63, 3.8) is 0 Å². The molecule has 1 aliphatic rings. The van der Waals surface area contributed by atoms with Crippen LogP contribution in [0.4, 0.5) is 0 Å². The second-order valence-corrected chi connectivity index (χ2v) is 2.79. The Morgan fingerprint density at radius 2 is 1.33 bits per heavy atom. The molecule has 0 atom stereocenters. The largest absolute Gasteiger partial charge is 0.344 e. The topological polar surface area (TPSA) is 87.0 Å². The van der Waals surface area contributed by atoms with Gasteiger partial charge in [-0.3, -0.25) is 0 Å². The lowest BCUT2D eigenvalue weighted by atomic mass is 9.91.